The molecule has 2 N–H and O–H groups in total. The van der Waals surface area contributed by atoms with E-state index in [0.29, 0.717) is 23.8 Å². The number of hydrogen-bond donors (Lipinski definition) is 1. The molecule has 0 radical (unpaired) electrons. The summed E-state index contributed by atoms with van der Waals surface area (Å²) < 4.78 is 19.1. The minimum Gasteiger partial charge on any atom is -0.381 e. The van der Waals surface area contributed by atoms with Crippen LogP contribution in [-0.2, 0) is 4.74 Å². The van der Waals surface area contributed by atoms with Crippen molar-refractivity contribution in [3.05, 3.63) is 34.1 Å². The number of rotatable bonds is 2. The maximum atomic E-state index is 13.8. The SMILES string of the molecule is Cc1ccc(F)c([C@H](N)C2CCOCC2)c1Cl.Cl. The van der Waals surface area contributed by atoms with E-state index in [1.165, 1.54) is 6.07 Å². The van der Waals surface area contributed by atoms with Crippen molar-refractivity contribution in [2.24, 2.45) is 11.7 Å². The van der Waals surface area contributed by atoms with E-state index in [-0.39, 0.29) is 30.2 Å². The number of benzene rings is 1. The predicted octanol–water partition coefficient (Wildman–Crippen LogP) is 3.64. The van der Waals surface area contributed by atoms with E-state index in [2.05, 4.69) is 0 Å². The number of halogens is 3. The van der Waals surface area contributed by atoms with E-state index >= 15 is 0 Å². The van der Waals surface area contributed by atoms with E-state index in [4.69, 9.17) is 22.1 Å². The second-order valence-electron chi connectivity index (χ2n) is 4.57. The highest BCUT2D eigenvalue weighted by Gasteiger charge is 2.26. The van der Waals surface area contributed by atoms with Crippen LogP contribution in [-0.4, -0.2) is 13.2 Å². The van der Waals surface area contributed by atoms with Gasteiger partial charge in [-0.25, -0.2) is 4.39 Å². The van der Waals surface area contributed by atoms with Crippen molar-refractivity contribution in [3.63, 3.8) is 0 Å². The van der Waals surface area contributed by atoms with Gasteiger partial charge in [0.2, 0.25) is 0 Å². The Balaban J connectivity index is 0.00000162. The predicted molar refractivity (Wildman–Crippen MR) is 73.9 cm³/mol. The van der Waals surface area contributed by atoms with Crippen LogP contribution >= 0.6 is 24.0 Å². The van der Waals surface area contributed by atoms with Gasteiger partial charge in [0.15, 0.2) is 0 Å². The second kappa shape index (κ2) is 6.71. The van der Waals surface area contributed by atoms with Crippen molar-refractivity contribution in [1.82, 2.24) is 0 Å². The summed E-state index contributed by atoms with van der Waals surface area (Å²) in [7, 11) is 0. The molecule has 0 amide bonds. The third kappa shape index (κ3) is 3.15. The smallest absolute Gasteiger partial charge is 0.129 e. The summed E-state index contributed by atoms with van der Waals surface area (Å²) in [6.45, 7) is 3.26. The van der Waals surface area contributed by atoms with Crippen LogP contribution < -0.4 is 5.73 Å². The van der Waals surface area contributed by atoms with Gasteiger partial charge < -0.3 is 10.5 Å². The van der Waals surface area contributed by atoms with Gasteiger partial charge in [-0.3, -0.25) is 0 Å². The van der Waals surface area contributed by atoms with Crippen molar-refractivity contribution < 1.29 is 9.13 Å². The summed E-state index contributed by atoms with van der Waals surface area (Å²) in [5.41, 5.74) is 7.48. The molecule has 1 aromatic rings. The van der Waals surface area contributed by atoms with Crippen LogP contribution in [0.25, 0.3) is 0 Å². The second-order valence-corrected chi connectivity index (χ2v) is 4.95. The largest absolute Gasteiger partial charge is 0.381 e. The van der Waals surface area contributed by atoms with Gasteiger partial charge in [-0.1, -0.05) is 17.7 Å². The van der Waals surface area contributed by atoms with Gasteiger partial charge in [0, 0.05) is 24.8 Å². The fourth-order valence-corrected chi connectivity index (χ4v) is 2.57. The van der Waals surface area contributed by atoms with Crippen molar-refractivity contribution in [1.29, 1.82) is 0 Å². The van der Waals surface area contributed by atoms with Crippen LogP contribution in [0.5, 0.6) is 0 Å². The fourth-order valence-electron chi connectivity index (χ4n) is 2.29. The zero-order valence-corrected chi connectivity index (χ0v) is 11.9. The van der Waals surface area contributed by atoms with Crippen LogP contribution in [0.2, 0.25) is 5.02 Å². The van der Waals surface area contributed by atoms with E-state index in [1.54, 1.807) is 6.07 Å². The number of hydrogen-bond acceptors (Lipinski definition) is 2. The molecular formula is C13H18Cl2FNO. The molecule has 1 fully saturated rings. The number of aryl methyl sites for hydroxylation is 1. The molecule has 5 heteroatoms. The van der Waals surface area contributed by atoms with Crippen LogP contribution in [0.1, 0.15) is 30.0 Å². The van der Waals surface area contributed by atoms with E-state index < -0.39 is 0 Å². The molecule has 0 aliphatic carbocycles. The first-order chi connectivity index (χ1) is 8.11. The van der Waals surface area contributed by atoms with Gasteiger partial charge in [-0.15, -0.1) is 12.4 Å². The van der Waals surface area contributed by atoms with Crippen molar-refractivity contribution in [2.75, 3.05) is 13.2 Å². The van der Waals surface area contributed by atoms with Crippen molar-refractivity contribution >= 4 is 24.0 Å². The molecule has 102 valence electrons. The lowest BCUT2D eigenvalue weighted by Crippen LogP contribution is -2.28. The molecule has 1 aromatic carbocycles. The Labute approximate surface area is 118 Å². The van der Waals surface area contributed by atoms with Gasteiger partial charge in [0.05, 0.1) is 5.02 Å². The molecule has 1 aliphatic heterocycles. The minimum atomic E-state index is -0.341. The molecule has 1 saturated heterocycles. The van der Waals surface area contributed by atoms with Gasteiger partial charge in [0.25, 0.3) is 0 Å². The summed E-state index contributed by atoms with van der Waals surface area (Å²) in [4.78, 5) is 0. The highest BCUT2D eigenvalue weighted by Crippen LogP contribution is 2.35. The lowest BCUT2D eigenvalue weighted by molar-refractivity contribution is 0.0580. The monoisotopic (exact) mass is 293 g/mol. The summed E-state index contributed by atoms with van der Waals surface area (Å²) in [6, 6.07) is 2.78. The normalized spacial score (nSPS) is 18.2. The lowest BCUT2D eigenvalue weighted by Gasteiger charge is -2.28. The van der Waals surface area contributed by atoms with Crippen molar-refractivity contribution in [3.8, 4) is 0 Å². The molecule has 0 unspecified atom stereocenters. The Morgan fingerprint density at radius 3 is 2.61 bits per heavy atom. The summed E-state index contributed by atoms with van der Waals surface area (Å²) in [5.74, 6) is -0.0582. The van der Waals surface area contributed by atoms with Crippen LogP contribution in [0.3, 0.4) is 0 Å². The maximum Gasteiger partial charge on any atom is 0.129 e. The molecule has 18 heavy (non-hydrogen) atoms. The van der Waals surface area contributed by atoms with Gasteiger partial charge in [-0.2, -0.15) is 0 Å². The first-order valence-electron chi connectivity index (χ1n) is 5.89. The molecule has 0 aromatic heterocycles. The van der Waals surface area contributed by atoms with Crippen molar-refractivity contribution in [2.45, 2.75) is 25.8 Å². The first kappa shape index (κ1) is 15.7. The Bertz CT molecular complexity index is 408. The molecule has 2 rings (SSSR count). The molecule has 1 heterocycles. The topological polar surface area (TPSA) is 35.2 Å². The summed E-state index contributed by atoms with van der Waals surface area (Å²) in [5, 5.41) is 0.462. The average Bonchev–Trinajstić information content (AvgIpc) is 2.35. The zero-order valence-electron chi connectivity index (χ0n) is 10.3. The Kier molecular flexibility index (Phi) is 5.86. The van der Waals surface area contributed by atoms with Crippen LogP contribution in [0, 0.1) is 18.7 Å². The molecule has 2 nitrogen and oxygen atoms in total. The third-order valence-corrected chi connectivity index (χ3v) is 3.93. The highest BCUT2D eigenvalue weighted by atomic mass is 35.5. The van der Waals surface area contributed by atoms with Gasteiger partial charge in [-0.05, 0) is 37.3 Å². The zero-order chi connectivity index (χ0) is 12.4. The number of nitrogens with two attached hydrogens (primary N) is 1. The van der Waals surface area contributed by atoms with Gasteiger partial charge >= 0.3 is 0 Å². The lowest BCUT2D eigenvalue weighted by atomic mass is 9.87. The minimum absolute atomic E-state index is 0. The fraction of sp³-hybridized carbons (Fsp3) is 0.538. The maximum absolute atomic E-state index is 13.8. The van der Waals surface area contributed by atoms with Crippen LogP contribution in [0.4, 0.5) is 4.39 Å². The van der Waals surface area contributed by atoms with E-state index in [1.807, 2.05) is 6.92 Å². The van der Waals surface area contributed by atoms with E-state index in [9.17, 15) is 4.39 Å². The summed E-state index contributed by atoms with van der Waals surface area (Å²) in [6.07, 6.45) is 1.73. The molecular weight excluding hydrogens is 276 g/mol. The Morgan fingerprint density at radius 1 is 1.39 bits per heavy atom. The standard InChI is InChI=1S/C13H17ClFNO.ClH/c1-8-2-3-10(15)11(12(8)14)13(16)9-4-6-17-7-5-9;/h2-3,9,13H,4-7,16H2,1H3;1H/t13-;/m1./s1. The third-order valence-electron chi connectivity index (χ3n) is 3.43. The highest BCUT2D eigenvalue weighted by molar-refractivity contribution is 6.32. The quantitative estimate of drug-likeness (QED) is 0.904. The van der Waals surface area contributed by atoms with E-state index in [0.717, 1.165) is 18.4 Å². The van der Waals surface area contributed by atoms with Gasteiger partial charge in [0.1, 0.15) is 5.82 Å². The molecule has 1 atom stereocenters. The average molecular weight is 294 g/mol. The first-order valence-corrected chi connectivity index (χ1v) is 6.27. The van der Waals surface area contributed by atoms with Crippen LogP contribution in [0.15, 0.2) is 12.1 Å². The molecule has 0 bridgehead atoms. The summed E-state index contributed by atoms with van der Waals surface area (Å²) >= 11 is 6.16. The molecule has 0 spiro atoms. The molecule has 1 aliphatic rings. The number of ether oxygens (including phenoxy) is 1. The Hall–Kier alpha value is -0.350. The Morgan fingerprint density at radius 2 is 2.00 bits per heavy atom. The molecule has 0 saturated carbocycles.